The van der Waals surface area contributed by atoms with Gasteiger partial charge in [-0.15, -0.1) is 0 Å². The molecule has 0 aliphatic carbocycles. The Morgan fingerprint density at radius 1 is 1.27 bits per heavy atom. The summed E-state index contributed by atoms with van der Waals surface area (Å²) in [6, 6.07) is 3.81. The van der Waals surface area contributed by atoms with Crippen LogP contribution in [0.15, 0.2) is 18.2 Å². The van der Waals surface area contributed by atoms with E-state index in [2.05, 4.69) is 5.32 Å². The van der Waals surface area contributed by atoms with Crippen molar-refractivity contribution in [3.63, 3.8) is 0 Å². The minimum absolute atomic E-state index is 0.150. The third-order valence-electron chi connectivity index (χ3n) is 4.85. The van der Waals surface area contributed by atoms with Crippen LogP contribution in [0.25, 0.3) is 0 Å². The van der Waals surface area contributed by atoms with Gasteiger partial charge in [-0.3, -0.25) is 4.79 Å². The van der Waals surface area contributed by atoms with E-state index in [1.807, 2.05) is 13.8 Å². The van der Waals surface area contributed by atoms with Crippen LogP contribution in [-0.2, 0) is 4.79 Å². The normalized spacial score (nSPS) is 16.4. The molecule has 0 unspecified atom stereocenters. The van der Waals surface area contributed by atoms with Crippen molar-refractivity contribution >= 4 is 35.3 Å². The zero-order chi connectivity index (χ0) is 22.4. The van der Waals surface area contributed by atoms with E-state index in [4.69, 9.17) is 16.3 Å². The highest BCUT2D eigenvalue weighted by Gasteiger charge is 2.46. The van der Waals surface area contributed by atoms with Crippen LogP contribution < -0.4 is 15.0 Å². The molecule has 9 heteroatoms. The number of ether oxygens (including phenoxy) is 1. The maximum absolute atomic E-state index is 13.2. The number of anilines is 1. The predicted octanol–water partition coefficient (Wildman–Crippen LogP) is 3.58. The summed E-state index contributed by atoms with van der Waals surface area (Å²) in [4.78, 5) is 42.3. The minimum atomic E-state index is -0.548. The van der Waals surface area contributed by atoms with Crippen LogP contribution in [0.5, 0.6) is 5.75 Å². The van der Waals surface area contributed by atoms with Gasteiger partial charge in [0.15, 0.2) is 0 Å². The van der Waals surface area contributed by atoms with E-state index in [9.17, 15) is 14.4 Å². The predicted molar refractivity (Wildman–Crippen MR) is 117 cm³/mol. The summed E-state index contributed by atoms with van der Waals surface area (Å²) < 4.78 is 5.35. The number of hydrogen-bond donors (Lipinski definition) is 1. The molecule has 0 radical (unpaired) electrons. The number of hydrogen-bond acceptors (Lipinski definition) is 4. The Balaban J connectivity index is 2.14. The summed E-state index contributed by atoms with van der Waals surface area (Å²) in [5.74, 6) is 0.348. The number of benzene rings is 1. The zero-order valence-corrected chi connectivity index (χ0v) is 19.0. The fourth-order valence-corrected chi connectivity index (χ4v) is 3.56. The van der Waals surface area contributed by atoms with Gasteiger partial charge in [-0.25, -0.2) is 14.5 Å². The molecule has 1 aliphatic rings. The van der Waals surface area contributed by atoms with Crippen LogP contribution in [0.1, 0.15) is 33.1 Å². The standard InChI is InChI=1S/C21H31ClN4O4/c1-14(2)13-25-16(8-6-7-11-23-20(28)24(3)4)19(27)26(21(25)29)17-12-15(22)9-10-18(17)30-5/h9-10,12,14,16H,6-8,11,13H2,1-5H3,(H,23,28)/t16-/m0/s1. The highest BCUT2D eigenvalue weighted by atomic mass is 35.5. The lowest BCUT2D eigenvalue weighted by Crippen LogP contribution is -2.38. The van der Waals surface area contributed by atoms with Gasteiger partial charge in [-0.05, 0) is 43.4 Å². The van der Waals surface area contributed by atoms with E-state index in [-0.39, 0.29) is 23.9 Å². The van der Waals surface area contributed by atoms with Crippen molar-refractivity contribution in [2.75, 3.05) is 39.2 Å². The molecule has 2 rings (SSSR count). The molecule has 0 aromatic heterocycles. The van der Waals surface area contributed by atoms with Crippen LogP contribution >= 0.6 is 11.6 Å². The molecule has 0 saturated carbocycles. The number of unbranched alkanes of at least 4 members (excludes halogenated alkanes) is 1. The van der Waals surface area contributed by atoms with Crippen molar-refractivity contribution in [3.8, 4) is 5.75 Å². The van der Waals surface area contributed by atoms with Gasteiger partial charge in [0.05, 0.1) is 12.8 Å². The molecule has 166 valence electrons. The van der Waals surface area contributed by atoms with Gasteiger partial charge in [0.2, 0.25) is 0 Å². The largest absolute Gasteiger partial charge is 0.495 e. The molecule has 1 N–H and O–H groups in total. The number of amides is 5. The van der Waals surface area contributed by atoms with Crippen LogP contribution in [0.3, 0.4) is 0 Å². The molecule has 1 fully saturated rings. The van der Waals surface area contributed by atoms with Gasteiger partial charge >= 0.3 is 12.1 Å². The van der Waals surface area contributed by atoms with Gasteiger partial charge in [0, 0.05) is 32.2 Å². The lowest BCUT2D eigenvalue weighted by Gasteiger charge is -2.23. The van der Waals surface area contributed by atoms with Gasteiger partial charge in [0.25, 0.3) is 5.91 Å². The van der Waals surface area contributed by atoms with Gasteiger partial charge in [0.1, 0.15) is 11.8 Å². The molecule has 1 aromatic rings. The molecule has 1 aromatic carbocycles. The summed E-state index contributed by atoms with van der Waals surface area (Å²) in [5.41, 5.74) is 0.356. The van der Waals surface area contributed by atoms with Crippen molar-refractivity contribution in [2.45, 2.75) is 39.2 Å². The summed E-state index contributed by atoms with van der Waals surface area (Å²) in [6.45, 7) is 5.01. The molecule has 1 atom stereocenters. The van der Waals surface area contributed by atoms with E-state index >= 15 is 0 Å². The maximum Gasteiger partial charge on any atom is 0.332 e. The smallest absolute Gasteiger partial charge is 0.332 e. The average molecular weight is 439 g/mol. The average Bonchev–Trinajstić information content (AvgIpc) is 2.90. The lowest BCUT2D eigenvalue weighted by atomic mass is 10.1. The van der Waals surface area contributed by atoms with Crippen LogP contribution in [-0.4, -0.2) is 68.1 Å². The fourth-order valence-electron chi connectivity index (χ4n) is 3.39. The van der Waals surface area contributed by atoms with Gasteiger partial charge < -0.3 is 19.9 Å². The third kappa shape index (κ3) is 5.56. The van der Waals surface area contributed by atoms with Crippen LogP contribution in [0, 0.1) is 5.92 Å². The molecular formula is C21H31ClN4O4. The van der Waals surface area contributed by atoms with E-state index in [0.717, 1.165) is 0 Å². The van der Waals surface area contributed by atoms with Crippen molar-refractivity contribution in [2.24, 2.45) is 5.92 Å². The number of halogens is 1. The fraction of sp³-hybridized carbons (Fsp3) is 0.571. The van der Waals surface area contributed by atoms with Gasteiger partial charge in [-0.1, -0.05) is 25.4 Å². The van der Waals surface area contributed by atoms with E-state index < -0.39 is 6.04 Å². The molecule has 0 bridgehead atoms. The number of rotatable bonds is 9. The second-order valence-electron chi connectivity index (χ2n) is 7.96. The van der Waals surface area contributed by atoms with E-state index in [0.29, 0.717) is 48.8 Å². The number of methoxy groups -OCH3 is 1. The van der Waals surface area contributed by atoms with Crippen molar-refractivity contribution in [1.29, 1.82) is 0 Å². The van der Waals surface area contributed by atoms with Crippen LogP contribution in [0.2, 0.25) is 5.02 Å². The van der Waals surface area contributed by atoms with Gasteiger partial charge in [-0.2, -0.15) is 0 Å². The van der Waals surface area contributed by atoms with E-state index in [1.165, 1.54) is 16.9 Å². The highest BCUT2D eigenvalue weighted by molar-refractivity contribution is 6.31. The van der Waals surface area contributed by atoms with Crippen molar-refractivity contribution in [1.82, 2.24) is 15.1 Å². The molecule has 1 heterocycles. The SMILES string of the molecule is COc1ccc(Cl)cc1N1C(=O)[C@H](CCCCNC(=O)N(C)C)N(CC(C)C)C1=O. The topological polar surface area (TPSA) is 82.2 Å². The number of nitrogens with one attached hydrogen (secondary N) is 1. The second kappa shape index (κ2) is 10.5. The monoisotopic (exact) mass is 438 g/mol. The zero-order valence-electron chi connectivity index (χ0n) is 18.3. The Bertz CT molecular complexity index is 784. The first kappa shape index (κ1) is 23.8. The third-order valence-corrected chi connectivity index (χ3v) is 5.08. The summed E-state index contributed by atoms with van der Waals surface area (Å²) in [5, 5.41) is 3.23. The van der Waals surface area contributed by atoms with E-state index in [1.54, 1.807) is 37.2 Å². The Labute approximate surface area is 183 Å². The Morgan fingerprint density at radius 3 is 2.57 bits per heavy atom. The number of carbonyl (C=O) groups is 3. The lowest BCUT2D eigenvalue weighted by molar-refractivity contribution is -0.120. The maximum atomic E-state index is 13.2. The first-order valence-corrected chi connectivity index (χ1v) is 10.5. The number of imide groups is 1. The molecule has 5 amide bonds. The quantitative estimate of drug-likeness (QED) is 0.472. The highest BCUT2D eigenvalue weighted by Crippen LogP contribution is 2.36. The number of urea groups is 2. The van der Waals surface area contributed by atoms with Crippen molar-refractivity contribution in [3.05, 3.63) is 23.2 Å². The van der Waals surface area contributed by atoms with Crippen LogP contribution in [0.4, 0.5) is 15.3 Å². The first-order chi connectivity index (χ1) is 14.2. The molecule has 30 heavy (non-hydrogen) atoms. The Kier molecular flexibility index (Phi) is 8.34. The number of nitrogens with zero attached hydrogens (tertiary/aromatic N) is 3. The molecule has 1 aliphatic heterocycles. The Hall–Kier alpha value is -2.48. The summed E-state index contributed by atoms with van der Waals surface area (Å²) >= 11 is 6.11. The van der Waals surface area contributed by atoms with Crippen molar-refractivity contribution < 1.29 is 19.1 Å². The summed E-state index contributed by atoms with van der Waals surface area (Å²) in [7, 11) is 4.85. The first-order valence-electron chi connectivity index (χ1n) is 10.1. The number of carbonyl (C=O) groups excluding carboxylic acids is 3. The molecule has 8 nitrogen and oxygen atoms in total. The second-order valence-corrected chi connectivity index (χ2v) is 8.39. The molecular weight excluding hydrogens is 408 g/mol. The summed E-state index contributed by atoms with van der Waals surface area (Å²) in [6.07, 6.45) is 1.94. The molecule has 0 spiro atoms. The Morgan fingerprint density at radius 2 is 1.97 bits per heavy atom. The minimum Gasteiger partial charge on any atom is -0.495 e. The molecule has 1 saturated heterocycles.